The first-order valence-corrected chi connectivity index (χ1v) is 9.12. The molecule has 0 radical (unpaired) electrons. The van der Waals surface area contributed by atoms with Crippen LogP contribution in [0.15, 0.2) is 35.6 Å². The number of aliphatic hydroxyl groups is 2. The number of anilines is 1. The Morgan fingerprint density at radius 3 is 2.68 bits per heavy atom. The van der Waals surface area contributed by atoms with Crippen molar-refractivity contribution >= 4 is 40.2 Å². The smallest absolute Gasteiger partial charge is 0.189 e. The van der Waals surface area contributed by atoms with E-state index < -0.39 is 0 Å². The van der Waals surface area contributed by atoms with E-state index in [1.165, 1.54) is 11.8 Å². The lowest BCUT2D eigenvalue weighted by Crippen LogP contribution is -2.30. The van der Waals surface area contributed by atoms with Crippen molar-refractivity contribution in [2.45, 2.75) is 10.9 Å². The molecule has 0 amide bonds. The summed E-state index contributed by atoms with van der Waals surface area (Å²) in [6, 6.07) is 7.29. The Hall–Kier alpha value is -1.87. The molecule has 0 saturated carbocycles. The van der Waals surface area contributed by atoms with Gasteiger partial charge in [-0.1, -0.05) is 23.4 Å². The van der Waals surface area contributed by atoms with E-state index in [1.807, 2.05) is 23.1 Å². The second kappa shape index (κ2) is 8.48. The van der Waals surface area contributed by atoms with Gasteiger partial charge in [-0.25, -0.2) is 15.0 Å². The van der Waals surface area contributed by atoms with Gasteiger partial charge in [-0.3, -0.25) is 0 Å². The van der Waals surface area contributed by atoms with Gasteiger partial charge in [-0.2, -0.15) is 0 Å². The van der Waals surface area contributed by atoms with E-state index in [1.54, 1.807) is 12.3 Å². The summed E-state index contributed by atoms with van der Waals surface area (Å²) in [4.78, 5) is 18.3. The predicted octanol–water partition coefficient (Wildman–Crippen LogP) is 2.09. The lowest BCUT2D eigenvalue weighted by atomic mass is 10.3. The van der Waals surface area contributed by atoms with Crippen molar-refractivity contribution in [2.75, 3.05) is 31.2 Å². The van der Waals surface area contributed by atoms with Gasteiger partial charge in [0, 0.05) is 24.3 Å². The first kappa shape index (κ1) is 17.9. The summed E-state index contributed by atoms with van der Waals surface area (Å²) >= 11 is 7.45. The maximum absolute atomic E-state index is 9.14. The molecule has 7 nitrogen and oxygen atoms in total. The normalized spacial score (nSPS) is 11.2. The Balaban J connectivity index is 1.70. The van der Waals surface area contributed by atoms with Crippen LogP contribution in [0.4, 0.5) is 5.82 Å². The Kier molecular flexibility index (Phi) is 6.09. The molecular weight excluding hydrogens is 362 g/mol. The van der Waals surface area contributed by atoms with Gasteiger partial charge >= 0.3 is 0 Å². The fourth-order valence-electron chi connectivity index (χ4n) is 2.40. The summed E-state index contributed by atoms with van der Waals surface area (Å²) in [5, 5.41) is 19.6. The van der Waals surface area contributed by atoms with E-state index >= 15 is 0 Å². The van der Waals surface area contributed by atoms with Crippen LogP contribution in [0.2, 0.25) is 5.02 Å². The molecule has 2 aromatic heterocycles. The van der Waals surface area contributed by atoms with Crippen LogP contribution in [0.5, 0.6) is 0 Å². The van der Waals surface area contributed by atoms with Gasteiger partial charge in [0.05, 0.1) is 30.0 Å². The summed E-state index contributed by atoms with van der Waals surface area (Å²) in [5.41, 5.74) is 1.77. The number of fused-ring (bicyclic) bond motifs is 1. The first-order chi connectivity index (χ1) is 12.2. The van der Waals surface area contributed by atoms with Gasteiger partial charge < -0.3 is 20.1 Å². The van der Waals surface area contributed by atoms with E-state index in [9.17, 15) is 0 Å². The number of hydrogen-bond acceptors (Lipinski definition) is 7. The molecule has 0 atom stereocenters. The highest BCUT2D eigenvalue weighted by atomic mass is 35.5. The van der Waals surface area contributed by atoms with Crippen molar-refractivity contribution in [2.24, 2.45) is 0 Å². The zero-order chi connectivity index (χ0) is 17.6. The molecule has 9 heteroatoms. The highest BCUT2D eigenvalue weighted by Crippen LogP contribution is 2.23. The van der Waals surface area contributed by atoms with Crippen LogP contribution in [-0.2, 0) is 5.75 Å². The van der Waals surface area contributed by atoms with Crippen molar-refractivity contribution in [3.8, 4) is 0 Å². The zero-order valence-electron chi connectivity index (χ0n) is 13.4. The summed E-state index contributed by atoms with van der Waals surface area (Å²) in [7, 11) is 0. The van der Waals surface area contributed by atoms with E-state index in [4.69, 9.17) is 21.8 Å². The molecule has 3 N–H and O–H groups in total. The number of halogens is 1. The average molecular weight is 380 g/mol. The minimum absolute atomic E-state index is 0.00593. The van der Waals surface area contributed by atoms with Crippen molar-refractivity contribution in [1.29, 1.82) is 0 Å². The number of thioether (sulfide) groups is 1. The third kappa shape index (κ3) is 4.60. The molecule has 0 spiro atoms. The van der Waals surface area contributed by atoms with E-state index in [-0.39, 0.29) is 13.2 Å². The highest BCUT2D eigenvalue weighted by molar-refractivity contribution is 7.98. The molecule has 0 fully saturated rings. The molecule has 3 aromatic rings. The number of hydrogen-bond donors (Lipinski definition) is 3. The average Bonchev–Trinajstić information content (AvgIpc) is 3.02. The van der Waals surface area contributed by atoms with Crippen LogP contribution in [0.3, 0.4) is 0 Å². The molecule has 0 aliphatic heterocycles. The second-order valence-corrected chi connectivity index (χ2v) is 6.64. The Morgan fingerprint density at radius 2 is 1.92 bits per heavy atom. The van der Waals surface area contributed by atoms with Crippen molar-refractivity contribution in [3.05, 3.63) is 41.3 Å². The fourth-order valence-corrected chi connectivity index (χ4v) is 3.26. The van der Waals surface area contributed by atoms with E-state index in [0.717, 1.165) is 16.9 Å². The van der Waals surface area contributed by atoms with Gasteiger partial charge in [0.2, 0.25) is 0 Å². The summed E-state index contributed by atoms with van der Waals surface area (Å²) in [6.45, 7) is 0.806. The molecule has 2 heterocycles. The number of aliphatic hydroxyl groups excluding tert-OH is 2. The number of aromatic nitrogens is 4. The van der Waals surface area contributed by atoms with Crippen LogP contribution in [0.25, 0.3) is 11.0 Å². The number of imidazole rings is 1. The fraction of sp³-hybridized carbons (Fsp3) is 0.312. The van der Waals surface area contributed by atoms with E-state index in [0.29, 0.717) is 34.8 Å². The molecule has 25 heavy (non-hydrogen) atoms. The zero-order valence-corrected chi connectivity index (χ0v) is 15.0. The number of rotatable bonds is 8. The van der Waals surface area contributed by atoms with Gasteiger partial charge in [0.1, 0.15) is 11.6 Å². The monoisotopic (exact) mass is 379 g/mol. The maximum atomic E-state index is 9.14. The van der Waals surface area contributed by atoms with Gasteiger partial charge in [0.25, 0.3) is 0 Å². The Bertz CT molecular complexity index is 838. The molecule has 0 aliphatic rings. The number of nitrogens with zero attached hydrogens (tertiary/aromatic N) is 4. The largest absolute Gasteiger partial charge is 0.395 e. The van der Waals surface area contributed by atoms with Crippen molar-refractivity contribution in [1.82, 2.24) is 19.9 Å². The summed E-state index contributed by atoms with van der Waals surface area (Å²) in [6.07, 6.45) is 1.67. The molecule has 1 aromatic carbocycles. The standard InChI is InChI=1S/C16H18ClN5O2S/c17-11-1-2-12-13(9-11)20-14(19-12)10-25-16-18-4-3-15(21-16)22(5-7-23)6-8-24/h1-4,9,23-24H,5-8,10H2,(H,19,20). The number of aromatic amines is 1. The number of H-pyrrole nitrogens is 1. The highest BCUT2D eigenvalue weighted by Gasteiger charge is 2.10. The molecule has 132 valence electrons. The third-order valence-electron chi connectivity index (χ3n) is 3.51. The second-order valence-electron chi connectivity index (χ2n) is 5.27. The maximum Gasteiger partial charge on any atom is 0.189 e. The van der Waals surface area contributed by atoms with Crippen LogP contribution < -0.4 is 4.90 Å². The van der Waals surface area contributed by atoms with Gasteiger partial charge in [-0.15, -0.1) is 0 Å². The van der Waals surface area contributed by atoms with Gasteiger partial charge in [-0.05, 0) is 24.3 Å². The van der Waals surface area contributed by atoms with Crippen molar-refractivity contribution < 1.29 is 10.2 Å². The topological polar surface area (TPSA) is 98.2 Å². The van der Waals surface area contributed by atoms with Gasteiger partial charge in [0.15, 0.2) is 5.16 Å². The molecular formula is C16H18ClN5O2S. The minimum Gasteiger partial charge on any atom is -0.395 e. The minimum atomic E-state index is -0.00593. The lowest BCUT2D eigenvalue weighted by molar-refractivity contribution is 0.280. The predicted molar refractivity (Wildman–Crippen MR) is 99.1 cm³/mol. The Labute approximate surface area is 154 Å². The quantitative estimate of drug-likeness (QED) is 0.407. The van der Waals surface area contributed by atoms with E-state index in [2.05, 4.69) is 19.9 Å². The summed E-state index contributed by atoms with van der Waals surface area (Å²) < 4.78 is 0. The summed E-state index contributed by atoms with van der Waals surface area (Å²) in [5.74, 6) is 2.09. The first-order valence-electron chi connectivity index (χ1n) is 7.76. The number of nitrogens with one attached hydrogen (secondary N) is 1. The van der Waals surface area contributed by atoms with Crippen LogP contribution >= 0.6 is 23.4 Å². The van der Waals surface area contributed by atoms with Crippen molar-refractivity contribution in [3.63, 3.8) is 0 Å². The molecule has 0 aliphatic carbocycles. The molecule has 0 bridgehead atoms. The lowest BCUT2D eigenvalue weighted by Gasteiger charge is -2.21. The SMILES string of the molecule is OCCN(CCO)c1ccnc(SCc2nc3ccc(Cl)cc3[nH]2)n1. The molecule has 0 saturated heterocycles. The van der Waals surface area contributed by atoms with Crippen LogP contribution in [-0.4, -0.2) is 56.5 Å². The molecule has 3 rings (SSSR count). The van der Waals surface area contributed by atoms with Crippen LogP contribution in [0.1, 0.15) is 5.82 Å². The Morgan fingerprint density at radius 1 is 1.12 bits per heavy atom. The molecule has 0 unspecified atom stereocenters. The van der Waals surface area contributed by atoms with Crippen LogP contribution in [0, 0.1) is 0 Å². The number of benzene rings is 1. The third-order valence-corrected chi connectivity index (χ3v) is 4.62.